The summed E-state index contributed by atoms with van der Waals surface area (Å²) < 4.78 is 46.4. The van der Waals surface area contributed by atoms with Gasteiger partial charge in [-0.05, 0) is 63.1 Å². The van der Waals surface area contributed by atoms with Crippen LogP contribution in [-0.4, -0.2) is 85.0 Å². The molecule has 0 amide bonds. The summed E-state index contributed by atoms with van der Waals surface area (Å²) in [7, 11) is 2.18. The molecule has 4 heterocycles. The van der Waals surface area contributed by atoms with Gasteiger partial charge < -0.3 is 25.6 Å². The number of aromatic nitrogens is 5. The molecule has 7 rings (SSSR count). The number of nitrogens with one attached hydrogen (secondary N) is 1. The molecule has 4 N–H and O–H groups in total. The first-order valence-corrected chi connectivity index (χ1v) is 15.4. The van der Waals surface area contributed by atoms with Crippen LogP contribution in [0.4, 0.5) is 30.5 Å². The molecule has 12 nitrogen and oxygen atoms in total. The van der Waals surface area contributed by atoms with Crippen LogP contribution in [-0.2, 0) is 11.0 Å². The van der Waals surface area contributed by atoms with Crippen molar-refractivity contribution < 1.29 is 27.6 Å². The van der Waals surface area contributed by atoms with Crippen LogP contribution >= 0.6 is 0 Å². The van der Waals surface area contributed by atoms with Gasteiger partial charge in [-0.15, -0.1) is 0 Å². The lowest BCUT2D eigenvalue weighted by atomic mass is 9.90. The number of rotatable bonds is 5. The molecule has 0 atom stereocenters. The van der Waals surface area contributed by atoms with E-state index in [4.69, 9.17) is 25.3 Å². The number of halogens is 3. The average Bonchev–Trinajstić information content (AvgIpc) is 3.63. The SMILES string of the molecule is CC(=O)O.CN1CCN([C@H]2CC[C@H](n3nc(-c4ccc(Nc5noc6cc(C(F)(F)F)ccc56)cc4)c4c(N)ncnc43)CC2)CC1. The number of hydrogen-bond acceptors (Lipinski definition) is 10. The van der Waals surface area contributed by atoms with Crippen LogP contribution < -0.4 is 11.1 Å². The minimum Gasteiger partial charge on any atom is -0.481 e. The molecule has 47 heavy (non-hydrogen) atoms. The third kappa shape index (κ3) is 7.00. The Labute approximate surface area is 268 Å². The van der Waals surface area contributed by atoms with Crippen molar-refractivity contribution in [3.8, 4) is 11.3 Å². The lowest BCUT2D eigenvalue weighted by molar-refractivity contribution is -0.137. The summed E-state index contributed by atoms with van der Waals surface area (Å²) in [5.74, 6) is -0.122. The number of nitrogen functional groups attached to an aromatic ring is 1. The van der Waals surface area contributed by atoms with Gasteiger partial charge in [-0.3, -0.25) is 9.69 Å². The Morgan fingerprint density at radius 1 is 1.00 bits per heavy atom. The van der Waals surface area contributed by atoms with Gasteiger partial charge >= 0.3 is 6.18 Å². The molecule has 1 aliphatic heterocycles. The maximum atomic E-state index is 13.1. The molecule has 248 valence electrons. The number of hydrogen-bond donors (Lipinski definition) is 3. The highest BCUT2D eigenvalue weighted by Crippen LogP contribution is 2.38. The van der Waals surface area contributed by atoms with E-state index in [9.17, 15) is 13.2 Å². The first-order chi connectivity index (χ1) is 22.5. The van der Waals surface area contributed by atoms with E-state index in [1.165, 1.54) is 12.4 Å². The Kier molecular flexibility index (Phi) is 9.01. The molecule has 15 heteroatoms. The van der Waals surface area contributed by atoms with Crippen LogP contribution in [0, 0.1) is 0 Å². The van der Waals surface area contributed by atoms with Crippen molar-refractivity contribution in [1.29, 1.82) is 0 Å². The van der Waals surface area contributed by atoms with E-state index < -0.39 is 17.7 Å². The van der Waals surface area contributed by atoms with Gasteiger partial charge in [0.1, 0.15) is 17.8 Å². The standard InChI is InChI=1S/C30H32F3N9O.C2H4O2/c1-40-12-14-41(15-13-40)21-7-9-22(10-8-21)42-29-25(27(34)35-17-36-29)26(38-42)18-2-5-20(6-3-18)37-28-23-11-4-19(30(31,32)33)16-24(23)43-39-28;1-2(3)4/h2-6,11,16-17,21-22H,7-10,12-15H2,1H3,(H,37,39)(H2,34,35,36);1H3,(H,3,4)/t21-,22-;. The van der Waals surface area contributed by atoms with E-state index in [0.717, 1.165) is 87.5 Å². The summed E-state index contributed by atoms with van der Waals surface area (Å²) in [5.41, 5.74) is 8.62. The molecule has 5 aromatic rings. The molecule has 0 bridgehead atoms. The van der Waals surface area contributed by atoms with E-state index in [-0.39, 0.29) is 11.6 Å². The van der Waals surface area contributed by atoms with Gasteiger partial charge in [0.25, 0.3) is 5.97 Å². The topological polar surface area (TPSA) is 151 Å². The molecular formula is C32H36F3N9O3. The maximum absolute atomic E-state index is 13.1. The van der Waals surface area contributed by atoms with Crippen molar-refractivity contribution in [1.82, 2.24) is 34.7 Å². The number of alkyl halides is 3. The van der Waals surface area contributed by atoms with Gasteiger partial charge in [-0.2, -0.15) is 18.3 Å². The summed E-state index contributed by atoms with van der Waals surface area (Å²) >= 11 is 0. The second-order valence-corrected chi connectivity index (χ2v) is 12.0. The zero-order valence-electron chi connectivity index (χ0n) is 26.0. The summed E-state index contributed by atoms with van der Waals surface area (Å²) in [6.07, 6.45) is 1.33. The van der Waals surface area contributed by atoms with Crippen molar-refractivity contribution >= 4 is 45.3 Å². The van der Waals surface area contributed by atoms with E-state index in [1.54, 1.807) is 0 Å². The number of nitrogens with two attached hydrogens (primary N) is 1. The van der Waals surface area contributed by atoms with Gasteiger partial charge in [0.05, 0.1) is 22.4 Å². The Balaban J connectivity index is 0.000000915. The Hall–Kier alpha value is -4.76. The molecule has 2 aliphatic rings. The number of benzene rings is 2. The van der Waals surface area contributed by atoms with E-state index in [1.807, 2.05) is 28.9 Å². The van der Waals surface area contributed by atoms with Gasteiger partial charge in [0.2, 0.25) is 0 Å². The number of carboxylic acid groups (broad SMARTS) is 1. The molecule has 2 aromatic carbocycles. The van der Waals surface area contributed by atoms with E-state index >= 15 is 0 Å². The van der Waals surface area contributed by atoms with E-state index in [0.29, 0.717) is 34.4 Å². The highest BCUT2D eigenvalue weighted by atomic mass is 19.4. The van der Waals surface area contributed by atoms with Crippen LogP contribution in [0.5, 0.6) is 0 Å². The Morgan fingerprint density at radius 2 is 1.66 bits per heavy atom. The highest BCUT2D eigenvalue weighted by molar-refractivity contribution is 5.98. The number of carbonyl (C=O) groups is 1. The van der Waals surface area contributed by atoms with Crippen molar-refractivity contribution in [3.05, 3.63) is 54.4 Å². The average molecular weight is 652 g/mol. The lowest BCUT2D eigenvalue weighted by Gasteiger charge is -2.41. The minimum atomic E-state index is -4.46. The van der Waals surface area contributed by atoms with Crippen LogP contribution in [0.25, 0.3) is 33.3 Å². The minimum absolute atomic E-state index is 0.0546. The largest absolute Gasteiger partial charge is 0.481 e. The van der Waals surface area contributed by atoms with Gasteiger partial charge in [0.15, 0.2) is 17.0 Å². The molecule has 1 saturated carbocycles. The third-order valence-electron chi connectivity index (χ3n) is 8.80. The highest BCUT2D eigenvalue weighted by Gasteiger charge is 2.32. The number of fused-ring (bicyclic) bond motifs is 2. The summed E-state index contributed by atoms with van der Waals surface area (Å²) in [6.45, 7) is 5.58. The fourth-order valence-electron chi connectivity index (χ4n) is 6.36. The zero-order valence-corrected chi connectivity index (χ0v) is 26.0. The lowest BCUT2D eigenvalue weighted by Crippen LogP contribution is -2.49. The molecule has 0 unspecified atom stereocenters. The molecular weight excluding hydrogens is 615 g/mol. The summed E-state index contributed by atoms with van der Waals surface area (Å²) in [6, 6.07) is 11.7. The number of carboxylic acids is 1. The second-order valence-electron chi connectivity index (χ2n) is 12.0. The number of aliphatic carboxylic acids is 1. The quantitative estimate of drug-likeness (QED) is 0.211. The fraction of sp³-hybridized carbons (Fsp3) is 0.406. The van der Waals surface area contributed by atoms with Crippen molar-refractivity contribution in [2.75, 3.05) is 44.3 Å². The van der Waals surface area contributed by atoms with Crippen LogP contribution in [0.15, 0.2) is 53.3 Å². The summed E-state index contributed by atoms with van der Waals surface area (Å²) in [5, 5.41) is 20.7. The molecule has 1 aliphatic carbocycles. The van der Waals surface area contributed by atoms with E-state index in [2.05, 4.69) is 37.3 Å². The van der Waals surface area contributed by atoms with Gasteiger partial charge in [-0.1, -0.05) is 17.3 Å². The van der Waals surface area contributed by atoms with Gasteiger partial charge in [0, 0.05) is 50.4 Å². The number of anilines is 3. The van der Waals surface area contributed by atoms with Crippen molar-refractivity contribution in [2.45, 2.75) is 50.9 Å². The van der Waals surface area contributed by atoms with Crippen LogP contribution in [0.2, 0.25) is 0 Å². The number of piperazine rings is 1. The molecule has 0 radical (unpaired) electrons. The molecule has 0 spiro atoms. The number of nitrogens with zero attached hydrogens (tertiary/aromatic N) is 7. The monoisotopic (exact) mass is 651 g/mol. The Morgan fingerprint density at radius 3 is 2.32 bits per heavy atom. The fourth-order valence-corrected chi connectivity index (χ4v) is 6.36. The third-order valence-corrected chi connectivity index (χ3v) is 8.80. The Bertz CT molecular complexity index is 1850. The van der Waals surface area contributed by atoms with Gasteiger partial charge in [-0.25, -0.2) is 14.6 Å². The second kappa shape index (κ2) is 13.2. The first kappa shape index (κ1) is 32.2. The van der Waals surface area contributed by atoms with Crippen LogP contribution in [0.3, 0.4) is 0 Å². The summed E-state index contributed by atoms with van der Waals surface area (Å²) in [4.78, 5) is 22.9. The van der Waals surface area contributed by atoms with Crippen molar-refractivity contribution in [3.63, 3.8) is 0 Å². The molecule has 1 saturated heterocycles. The smallest absolute Gasteiger partial charge is 0.416 e. The maximum Gasteiger partial charge on any atom is 0.416 e. The zero-order chi connectivity index (χ0) is 33.3. The normalized spacial score (nSPS) is 19.4. The first-order valence-electron chi connectivity index (χ1n) is 15.4. The predicted molar refractivity (Wildman–Crippen MR) is 171 cm³/mol. The van der Waals surface area contributed by atoms with Crippen LogP contribution in [0.1, 0.15) is 44.2 Å². The van der Waals surface area contributed by atoms with Crippen molar-refractivity contribution in [2.24, 2.45) is 0 Å². The number of likely N-dealkylation sites (N-methyl/N-ethyl adjacent to an activating group) is 1. The predicted octanol–water partition coefficient (Wildman–Crippen LogP) is 5.80. The molecule has 3 aromatic heterocycles. The molecule has 2 fully saturated rings.